The highest BCUT2D eigenvalue weighted by molar-refractivity contribution is 5.37. The molecular weight excluding hydrogens is 236 g/mol. The predicted octanol–water partition coefficient (Wildman–Crippen LogP) is 3.23. The van der Waals surface area contributed by atoms with Crippen molar-refractivity contribution in [2.75, 3.05) is 0 Å². The highest BCUT2D eigenvalue weighted by Crippen LogP contribution is 2.24. The summed E-state index contributed by atoms with van der Waals surface area (Å²) in [4.78, 5) is 4.09. The Hall–Kier alpha value is -1.87. The van der Waals surface area contributed by atoms with Gasteiger partial charge in [-0.25, -0.2) is 0 Å². The zero-order valence-electron chi connectivity index (χ0n) is 11.6. The van der Waals surface area contributed by atoms with Crippen LogP contribution in [0.3, 0.4) is 0 Å². The van der Waals surface area contributed by atoms with Gasteiger partial charge in [0.05, 0.1) is 12.1 Å². The topological polar surface area (TPSA) is 48.1 Å². The number of hydrogen-bond acceptors (Lipinski definition) is 3. The first-order valence-electron chi connectivity index (χ1n) is 6.50. The van der Waals surface area contributed by atoms with Crippen LogP contribution in [-0.2, 0) is 0 Å². The normalized spacial score (nSPS) is 12.5. The van der Waals surface area contributed by atoms with Gasteiger partial charge in [0.2, 0.25) is 0 Å². The van der Waals surface area contributed by atoms with Crippen LogP contribution >= 0.6 is 0 Å². The van der Waals surface area contributed by atoms with Crippen LogP contribution in [0.1, 0.15) is 36.6 Å². The maximum absolute atomic E-state index is 6.30. The molecule has 100 valence electrons. The van der Waals surface area contributed by atoms with Gasteiger partial charge in [-0.2, -0.15) is 0 Å². The third kappa shape index (κ3) is 3.32. The molecule has 0 spiro atoms. The van der Waals surface area contributed by atoms with E-state index in [0.29, 0.717) is 0 Å². The van der Waals surface area contributed by atoms with Gasteiger partial charge in [0.25, 0.3) is 0 Å². The molecule has 3 heteroatoms. The molecule has 0 fully saturated rings. The van der Waals surface area contributed by atoms with Crippen molar-refractivity contribution in [1.82, 2.24) is 4.98 Å². The molecule has 2 N–H and O–H groups in total. The van der Waals surface area contributed by atoms with E-state index in [0.717, 1.165) is 22.4 Å². The van der Waals surface area contributed by atoms with Crippen molar-refractivity contribution in [2.45, 2.75) is 32.9 Å². The van der Waals surface area contributed by atoms with E-state index in [1.807, 2.05) is 57.3 Å². The van der Waals surface area contributed by atoms with Crippen LogP contribution in [0.2, 0.25) is 0 Å². The van der Waals surface area contributed by atoms with Crippen LogP contribution < -0.4 is 10.5 Å². The van der Waals surface area contributed by atoms with Gasteiger partial charge in [-0.05, 0) is 55.7 Å². The van der Waals surface area contributed by atoms with Crippen LogP contribution in [0.25, 0.3) is 0 Å². The summed E-state index contributed by atoms with van der Waals surface area (Å²) in [5.41, 5.74) is 9.59. The van der Waals surface area contributed by atoms with Gasteiger partial charge in [-0.1, -0.05) is 12.1 Å². The summed E-state index contributed by atoms with van der Waals surface area (Å²) >= 11 is 0. The number of aromatic nitrogens is 1. The maximum atomic E-state index is 6.30. The second-order valence-electron chi connectivity index (χ2n) is 4.95. The van der Waals surface area contributed by atoms with Crippen molar-refractivity contribution < 1.29 is 4.74 Å². The number of ether oxygens (including phenoxy) is 1. The summed E-state index contributed by atoms with van der Waals surface area (Å²) in [5.74, 6) is 0.873. The maximum Gasteiger partial charge on any atom is 0.119 e. The molecule has 0 aliphatic rings. The Morgan fingerprint density at radius 1 is 1.11 bits per heavy atom. The number of nitrogens with zero attached hydrogens (tertiary/aromatic N) is 1. The number of hydrogen-bond donors (Lipinski definition) is 1. The van der Waals surface area contributed by atoms with Crippen molar-refractivity contribution in [1.29, 1.82) is 0 Å². The summed E-state index contributed by atoms with van der Waals surface area (Å²) in [7, 11) is 0. The van der Waals surface area contributed by atoms with Crippen LogP contribution in [0.4, 0.5) is 0 Å². The lowest BCUT2D eigenvalue weighted by Crippen LogP contribution is -2.13. The molecule has 0 aliphatic heterocycles. The fourth-order valence-electron chi connectivity index (χ4n) is 2.04. The van der Waals surface area contributed by atoms with E-state index in [1.165, 1.54) is 0 Å². The molecule has 1 aromatic heterocycles. The SMILES string of the molecule is Cc1cnccc1C(N)c1ccc(OC(C)C)cc1. The fraction of sp³-hybridized carbons (Fsp3) is 0.312. The van der Waals surface area contributed by atoms with Crippen LogP contribution in [0.5, 0.6) is 5.75 Å². The van der Waals surface area contributed by atoms with Crippen molar-refractivity contribution in [2.24, 2.45) is 5.73 Å². The molecule has 1 heterocycles. The molecule has 1 atom stereocenters. The Kier molecular flexibility index (Phi) is 4.17. The molecule has 0 saturated heterocycles. The van der Waals surface area contributed by atoms with Crippen molar-refractivity contribution in [3.05, 3.63) is 59.4 Å². The molecule has 0 radical (unpaired) electrons. The van der Waals surface area contributed by atoms with Gasteiger partial charge in [0.1, 0.15) is 5.75 Å². The van der Waals surface area contributed by atoms with Gasteiger partial charge >= 0.3 is 0 Å². The molecule has 0 saturated carbocycles. The van der Waals surface area contributed by atoms with Crippen molar-refractivity contribution in [3.8, 4) is 5.75 Å². The smallest absolute Gasteiger partial charge is 0.119 e. The summed E-state index contributed by atoms with van der Waals surface area (Å²) in [6, 6.07) is 9.80. The van der Waals surface area contributed by atoms with E-state index >= 15 is 0 Å². The van der Waals surface area contributed by atoms with Crippen LogP contribution in [0.15, 0.2) is 42.7 Å². The summed E-state index contributed by atoms with van der Waals surface area (Å²) in [6.07, 6.45) is 3.80. The molecule has 0 bridgehead atoms. The average molecular weight is 256 g/mol. The molecule has 1 unspecified atom stereocenters. The number of aryl methyl sites for hydroxylation is 1. The first-order chi connectivity index (χ1) is 9.08. The van der Waals surface area contributed by atoms with E-state index in [2.05, 4.69) is 4.98 Å². The molecule has 3 nitrogen and oxygen atoms in total. The lowest BCUT2D eigenvalue weighted by Gasteiger charge is -2.16. The Morgan fingerprint density at radius 2 is 1.79 bits per heavy atom. The van der Waals surface area contributed by atoms with E-state index < -0.39 is 0 Å². The summed E-state index contributed by atoms with van der Waals surface area (Å²) < 4.78 is 5.63. The van der Waals surface area contributed by atoms with Gasteiger partial charge < -0.3 is 10.5 Å². The highest BCUT2D eigenvalue weighted by atomic mass is 16.5. The summed E-state index contributed by atoms with van der Waals surface area (Å²) in [5, 5.41) is 0. The van der Waals surface area contributed by atoms with Crippen LogP contribution in [-0.4, -0.2) is 11.1 Å². The van der Waals surface area contributed by atoms with Gasteiger partial charge in [-0.3, -0.25) is 4.98 Å². The molecule has 0 aliphatic carbocycles. The van der Waals surface area contributed by atoms with Gasteiger partial charge in [0, 0.05) is 12.4 Å². The minimum absolute atomic E-state index is 0.129. The minimum Gasteiger partial charge on any atom is -0.491 e. The van der Waals surface area contributed by atoms with E-state index in [9.17, 15) is 0 Å². The van der Waals surface area contributed by atoms with Gasteiger partial charge in [-0.15, -0.1) is 0 Å². The second kappa shape index (κ2) is 5.85. The standard InChI is InChI=1S/C16H20N2O/c1-11(2)19-14-6-4-13(5-7-14)16(17)15-8-9-18-10-12(15)3/h4-11,16H,17H2,1-3H3. The number of benzene rings is 1. The lowest BCUT2D eigenvalue weighted by molar-refractivity contribution is 0.242. The third-order valence-electron chi connectivity index (χ3n) is 3.01. The Balaban J connectivity index is 2.20. The Morgan fingerprint density at radius 3 is 2.37 bits per heavy atom. The molecule has 2 aromatic rings. The van der Waals surface area contributed by atoms with Gasteiger partial charge in [0.15, 0.2) is 0 Å². The molecular formula is C16H20N2O. The Labute approximate surface area is 114 Å². The predicted molar refractivity (Wildman–Crippen MR) is 77.2 cm³/mol. The summed E-state index contributed by atoms with van der Waals surface area (Å²) in [6.45, 7) is 6.05. The molecule has 1 aromatic carbocycles. The van der Waals surface area contributed by atoms with Crippen LogP contribution in [0, 0.1) is 6.92 Å². The molecule has 0 amide bonds. The van der Waals surface area contributed by atoms with E-state index in [-0.39, 0.29) is 12.1 Å². The van der Waals surface area contributed by atoms with Crippen molar-refractivity contribution in [3.63, 3.8) is 0 Å². The van der Waals surface area contributed by atoms with E-state index in [1.54, 1.807) is 6.20 Å². The lowest BCUT2D eigenvalue weighted by atomic mass is 9.97. The zero-order chi connectivity index (χ0) is 13.8. The number of pyridine rings is 1. The monoisotopic (exact) mass is 256 g/mol. The third-order valence-corrected chi connectivity index (χ3v) is 3.01. The first-order valence-corrected chi connectivity index (χ1v) is 6.50. The van der Waals surface area contributed by atoms with E-state index in [4.69, 9.17) is 10.5 Å². The number of rotatable bonds is 4. The number of nitrogens with two attached hydrogens (primary N) is 1. The molecule has 19 heavy (non-hydrogen) atoms. The van der Waals surface area contributed by atoms with Crippen molar-refractivity contribution >= 4 is 0 Å². The fourth-order valence-corrected chi connectivity index (χ4v) is 2.04. The minimum atomic E-state index is -0.129. The molecule has 2 rings (SSSR count). The first kappa shape index (κ1) is 13.6. The quantitative estimate of drug-likeness (QED) is 0.913. The Bertz CT molecular complexity index is 535. The highest BCUT2D eigenvalue weighted by Gasteiger charge is 2.11. The average Bonchev–Trinajstić information content (AvgIpc) is 2.39. The largest absolute Gasteiger partial charge is 0.491 e. The zero-order valence-corrected chi connectivity index (χ0v) is 11.6. The second-order valence-corrected chi connectivity index (χ2v) is 4.95.